The number of aromatic nitrogens is 4. The fraction of sp³-hybridized carbons (Fsp3) is 0.500. The molecule has 0 saturated heterocycles. The van der Waals surface area contributed by atoms with Gasteiger partial charge in [-0.25, -0.2) is 9.50 Å². The van der Waals surface area contributed by atoms with E-state index in [-0.39, 0.29) is 17.5 Å². The zero-order valence-electron chi connectivity index (χ0n) is 12.4. The maximum atomic E-state index is 12.1. The van der Waals surface area contributed by atoms with E-state index in [1.807, 2.05) is 6.92 Å². The SMILES string of the molecule is CCOC(=O)CSc1nc2nc3c(cn2n1)C(=O)CC(C)C3. The molecule has 2 aromatic rings. The maximum absolute atomic E-state index is 12.1. The van der Waals surface area contributed by atoms with Crippen molar-refractivity contribution in [2.24, 2.45) is 5.92 Å². The molecule has 8 heteroatoms. The lowest BCUT2D eigenvalue weighted by atomic mass is 9.88. The molecular weight excluding hydrogens is 304 g/mol. The lowest BCUT2D eigenvalue weighted by Gasteiger charge is -2.18. The lowest BCUT2D eigenvalue weighted by molar-refractivity contribution is -0.139. The van der Waals surface area contributed by atoms with Crippen molar-refractivity contribution in [2.45, 2.75) is 31.8 Å². The highest BCUT2D eigenvalue weighted by Gasteiger charge is 2.25. The number of carbonyl (C=O) groups is 2. The van der Waals surface area contributed by atoms with Gasteiger partial charge in [-0.15, -0.1) is 5.10 Å². The Hall–Kier alpha value is -1.96. The zero-order valence-corrected chi connectivity index (χ0v) is 13.2. The molecule has 2 aromatic heterocycles. The molecule has 0 bridgehead atoms. The number of esters is 1. The highest BCUT2D eigenvalue weighted by molar-refractivity contribution is 7.99. The number of fused-ring (bicyclic) bond motifs is 2. The van der Waals surface area contributed by atoms with E-state index < -0.39 is 0 Å². The van der Waals surface area contributed by atoms with Gasteiger partial charge in [0.1, 0.15) is 0 Å². The van der Waals surface area contributed by atoms with Crippen LogP contribution >= 0.6 is 11.8 Å². The molecule has 0 aliphatic heterocycles. The summed E-state index contributed by atoms with van der Waals surface area (Å²) in [4.78, 5) is 32.1. The molecule has 1 unspecified atom stereocenters. The molecule has 0 saturated carbocycles. The molecule has 1 aliphatic carbocycles. The van der Waals surface area contributed by atoms with Crippen LogP contribution in [-0.4, -0.2) is 43.7 Å². The highest BCUT2D eigenvalue weighted by atomic mass is 32.2. The number of carbonyl (C=O) groups excluding carboxylic acids is 2. The molecule has 1 aliphatic rings. The van der Waals surface area contributed by atoms with Crippen LogP contribution in [0.1, 0.15) is 36.3 Å². The summed E-state index contributed by atoms with van der Waals surface area (Å²) in [5.74, 6) is 0.699. The van der Waals surface area contributed by atoms with Crippen LogP contribution in [0.5, 0.6) is 0 Å². The number of rotatable bonds is 4. The van der Waals surface area contributed by atoms with Gasteiger partial charge in [-0.3, -0.25) is 9.59 Å². The number of nitrogens with zero attached hydrogens (tertiary/aromatic N) is 4. The number of thioether (sulfide) groups is 1. The smallest absolute Gasteiger partial charge is 0.316 e. The molecule has 2 heterocycles. The summed E-state index contributed by atoms with van der Waals surface area (Å²) in [6, 6.07) is 0. The monoisotopic (exact) mass is 320 g/mol. The predicted octanol–water partition coefficient (Wildman–Crippen LogP) is 1.54. The highest BCUT2D eigenvalue weighted by Crippen LogP contribution is 2.24. The van der Waals surface area contributed by atoms with Gasteiger partial charge in [-0.2, -0.15) is 4.98 Å². The number of ketones is 1. The Morgan fingerprint density at radius 3 is 3.05 bits per heavy atom. The van der Waals surface area contributed by atoms with Crippen molar-refractivity contribution < 1.29 is 14.3 Å². The summed E-state index contributed by atoms with van der Waals surface area (Å²) in [5, 5.41) is 4.70. The standard InChI is InChI=1S/C14H16N4O3S/c1-3-21-12(20)7-22-14-16-13-15-10-4-8(2)5-11(19)9(10)6-18(13)17-14/h6,8H,3-5,7H2,1-2H3. The van der Waals surface area contributed by atoms with E-state index in [1.165, 1.54) is 16.3 Å². The molecule has 3 rings (SSSR count). The predicted molar refractivity (Wildman–Crippen MR) is 80.0 cm³/mol. The van der Waals surface area contributed by atoms with E-state index in [2.05, 4.69) is 15.1 Å². The van der Waals surface area contributed by atoms with Crippen molar-refractivity contribution in [3.8, 4) is 0 Å². The molecule has 0 aromatic carbocycles. The zero-order chi connectivity index (χ0) is 15.7. The summed E-state index contributed by atoms with van der Waals surface area (Å²) in [6.45, 7) is 4.15. The lowest BCUT2D eigenvalue weighted by Crippen LogP contribution is -2.20. The van der Waals surface area contributed by atoms with Crippen molar-refractivity contribution in [2.75, 3.05) is 12.4 Å². The van der Waals surface area contributed by atoms with E-state index in [4.69, 9.17) is 4.74 Å². The van der Waals surface area contributed by atoms with E-state index in [0.29, 0.717) is 35.4 Å². The average Bonchev–Trinajstić information content (AvgIpc) is 2.85. The topological polar surface area (TPSA) is 86.4 Å². The van der Waals surface area contributed by atoms with Gasteiger partial charge < -0.3 is 4.74 Å². The van der Waals surface area contributed by atoms with Crippen LogP contribution in [0.25, 0.3) is 5.78 Å². The first-order valence-electron chi connectivity index (χ1n) is 7.14. The molecule has 0 amide bonds. The number of hydrogen-bond acceptors (Lipinski definition) is 7. The summed E-state index contributed by atoms with van der Waals surface area (Å²) in [5.41, 5.74) is 1.41. The van der Waals surface area contributed by atoms with Gasteiger partial charge in [0.25, 0.3) is 5.78 Å². The Morgan fingerprint density at radius 2 is 2.27 bits per heavy atom. The van der Waals surface area contributed by atoms with Gasteiger partial charge in [0.2, 0.25) is 5.16 Å². The first kappa shape index (κ1) is 15.0. The first-order valence-corrected chi connectivity index (χ1v) is 8.13. The minimum Gasteiger partial charge on any atom is -0.465 e. The fourth-order valence-electron chi connectivity index (χ4n) is 2.44. The second-order valence-electron chi connectivity index (χ2n) is 5.27. The third kappa shape index (κ3) is 2.96. The third-order valence-corrected chi connectivity index (χ3v) is 4.20. The molecule has 1 atom stereocenters. The molecule has 7 nitrogen and oxygen atoms in total. The summed E-state index contributed by atoms with van der Waals surface area (Å²) in [6.07, 6.45) is 3.00. The Bertz CT molecular complexity index is 743. The van der Waals surface area contributed by atoms with Crippen LogP contribution in [-0.2, 0) is 16.0 Å². The normalized spacial score (nSPS) is 17.5. The van der Waals surface area contributed by atoms with Crippen molar-refractivity contribution in [1.82, 2.24) is 19.6 Å². The molecule has 0 fully saturated rings. The van der Waals surface area contributed by atoms with Crippen LogP contribution in [0.3, 0.4) is 0 Å². The Morgan fingerprint density at radius 1 is 1.45 bits per heavy atom. The number of Topliss-reactive ketones (excluding diaryl/α,β-unsaturated/α-hetero) is 1. The minimum atomic E-state index is -0.303. The van der Waals surface area contributed by atoms with Gasteiger partial charge >= 0.3 is 5.97 Å². The molecule has 0 spiro atoms. The summed E-state index contributed by atoms with van der Waals surface area (Å²) < 4.78 is 6.36. The third-order valence-electron chi connectivity index (χ3n) is 3.39. The minimum absolute atomic E-state index is 0.0966. The van der Waals surface area contributed by atoms with Crippen LogP contribution < -0.4 is 0 Å². The summed E-state index contributed by atoms with van der Waals surface area (Å²) in [7, 11) is 0. The fourth-order valence-corrected chi connectivity index (χ4v) is 3.06. The van der Waals surface area contributed by atoms with Gasteiger partial charge in [0.05, 0.1) is 23.6 Å². The Balaban J connectivity index is 1.84. The van der Waals surface area contributed by atoms with Crippen LogP contribution in [0.4, 0.5) is 0 Å². The van der Waals surface area contributed by atoms with E-state index in [9.17, 15) is 9.59 Å². The van der Waals surface area contributed by atoms with E-state index >= 15 is 0 Å². The average molecular weight is 320 g/mol. The Labute approximate surface area is 131 Å². The van der Waals surface area contributed by atoms with Crippen LogP contribution in [0.15, 0.2) is 11.4 Å². The van der Waals surface area contributed by atoms with Crippen molar-refractivity contribution >= 4 is 29.3 Å². The largest absolute Gasteiger partial charge is 0.465 e. The van der Waals surface area contributed by atoms with Crippen molar-refractivity contribution in [1.29, 1.82) is 0 Å². The molecular formula is C14H16N4O3S. The summed E-state index contributed by atoms with van der Waals surface area (Å²) >= 11 is 1.20. The van der Waals surface area contributed by atoms with Crippen molar-refractivity contribution in [3.05, 3.63) is 17.5 Å². The first-order chi connectivity index (χ1) is 10.6. The molecule has 22 heavy (non-hydrogen) atoms. The second-order valence-corrected chi connectivity index (χ2v) is 6.21. The number of ether oxygens (including phenoxy) is 1. The van der Waals surface area contributed by atoms with Crippen LogP contribution in [0, 0.1) is 5.92 Å². The van der Waals surface area contributed by atoms with E-state index in [1.54, 1.807) is 13.1 Å². The number of hydrogen-bond donors (Lipinski definition) is 0. The quantitative estimate of drug-likeness (QED) is 0.624. The molecule has 0 radical (unpaired) electrons. The Kier molecular flexibility index (Phi) is 4.10. The van der Waals surface area contributed by atoms with Gasteiger partial charge in [0.15, 0.2) is 5.78 Å². The van der Waals surface area contributed by atoms with Gasteiger partial charge in [0, 0.05) is 12.6 Å². The van der Waals surface area contributed by atoms with Gasteiger partial charge in [-0.05, 0) is 19.3 Å². The van der Waals surface area contributed by atoms with Crippen molar-refractivity contribution in [3.63, 3.8) is 0 Å². The van der Waals surface area contributed by atoms with Crippen LogP contribution in [0.2, 0.25) is 0 Å². The molecule has 0 N–H and O–H groups in total. The van der Waals surface area contributed by atoms with E-state index in [0.717, 1.165) is 12.1 Å². The second kappa shape index (κ2) is 6.04. The maximum Gasteiger partial charge on any atom is 0.316 e. The molecule has 116 valence electrons. The van der Waals surface area contributed by atoms with Gasteiger partial charge in [-0.1, -0.05) is 18.7 Å².